The van der Waals surface area contributed by atoms with E-state index in [4.69, 9.17) is 5.26 Å². The molecule has 1 aliphatic carbocycles. The van der Waals surface area contributed by atoms with Crippen molar-refractivity contribution in [2.24, 2.45) is 0 Å². The van der Waals surface area contributed by atoms with Crippen molar-refractivity contribution in [3.63, 3.8) is 0 Å². The zero-order valence-corrected chi connectivity index (χ0v) is 14.0. The number of nitrogens with zero attached hydrogens (tertiary/aromatic N) is 1. The van der Waals surface area contributed by atoms with E-state index in [0.717, 1.165) is 24.3 Å². The second-order valence-corrected chi connectivity index (χ2v) is 6.84. The minimum absolute atomic E-state index is 0.336. The molecule has 1 aromatic rings. The summed E-state index contributed by atoms with van der Waals surface area (Å²) in [6.07, 6.45) is -4.20. The Morgan fingerprint density at radius 1 is 1.35 bits per heavy atom. The normalized spacial score (nSPS) is 19.1. The van der Waals surface area contributed by atoms with E-state index in [1.807, 2.05) is 11.4 Å². The van der Waals surface area contributed by atoms with Crippen LogP contribution in [0.25, 0.3) is 0 Å². The molecule has 2 rings (SSSR count). The molecule has 0 saturated heterocycles. The summed E-state index contributed by atoms with van der Waals surface area (Å²) in [5, 5.41) is 13.2. The lowest BCUT2D eigenvalue weighted by Gasteiger charge is -2.28. The largest absolute Gasteiger partial charge is 0.772 e. The summed E-state index contributed by atoms with van der Waals surface area (Å²) < 4.78 is 75.1. The minimum Gasteiger partial charge on any atom is -0.772 e. The van der Waals surface area contributed by atoms with Gasteiger partial charge in [-0.3, -0.25) is 14.3 Å². The van der Waals surface area contributed by atoms with E-state index < -0.39 is 52.4 Å². The second kappa shape index (κ2) is 7.69. The third-order valence-electron chi connectivity index (χ3n) is 3.84. The summed E-state index contributed by atoms with van der Waals surface area (Å²) in [5.41, 5.74) is -1.54. The smallest absolute Gasteiger partial charge is 0.407 e. The maximum Gasteiger partial charge on any atom is 0.407 e. The summed E-state index contributed by atoms with van der Waals surface area (Å²) in [5.74, 6) is -2.68. The quantitative estimate of drug-likeness (QED) is 0.540. The number of nitrogens with one attached hydrogen (secondary N) is 2. The number of benzene rings is 1. The monoisotopic (exact) mass is 392 g/mol. The van der Waals surface area contributed by atoms with Crippen molar-refractivity contribution in [1.82, 2.24) is 10.6 Å². The maximum absolute atomic E-state index is 13.4. The summed E-state index contributed by atoms with van der Waals surface area (Å²) in [6.45, 7) is 0. The molecule has 0 heterocycles. The van der Waals surface area contributed by atoms with Crippen molar-refractivity contribution in [2.45, 2.75) is 36.6 Å². The number of alkyl halides is 3. The van der Waals surface area contributed by atoms with E-state index in [1.165, 1.54) is 0 Å². The molecular formula is C15H14F4N3O3S-. The highest BCUT2D eigenvalue weighted by Crippen LogP contribution is 2.35. The fourth-order valence-corrected chi connectivity index (χ4v) is 2.80. The lowest BCUT2D eigenvalue weighted by atomic mass is 10.0. The fraction of sp³-hybridized carbons (Fsp3) is 0.467. The van der Waals surface area contributed by atoms with E-state index in [-0.39, 0.29) is 5.56 Å². The summed E-state index contributed by atoms with van der Waals surface area (Å²) in [4.78, 5) is 12.2. The highest BCUT2D eigenvalue weighted by atomic mass is 32.2. The number of carbonyl (C=O) groups excluding carboxylic acids is 1. The number of amides is 1. The molecule has 6 nitrogen and oxygen atoms in total. The minimum atomic E-state index is -4.87. The highest BCUT2D eigenvalue weighted by molar-refractivity contribution is 7.79. The van der Waals surface area contributed by atoms with Crippen LogP contribution < -0.4 is 10.6 Å². The third-order valence-corrected chi connectivity index (χ3v) is 4.45. The molecule has 1 fully saturated rings. The van der Waals surface area contributed by atoms with Crippen LogP contribution >= 0.6 is 0 Å². The molecule has 1 unspecified atom stereocenters. The topological polar surface area (TPSA) is 105 Å². The molecule has 1 aliphatic rings. The predicted octanol–water partition coefficient (Wildman–Crippen LogP) is 1.44. The molecule has 1 aromatic carbocycles. The van der Waals surface area contributed by atoms with Gasteiger partial charge in [-0.05, 0) is 30.5 Å². The van der Waals surface area contributed by atoms with E-state index >= 15 is 0 Å². The summed E-state index contributed by atoms with van der Waals surface area (Å²) in [7, 11) is 0. The lowest BCUT2D eigenvalue weighted by molar-refractivity contribution is -0.160. The first kappa shape index (κ1) is 20.3. The first-order valence-electron chi connectivity index (χ1n) is 7.44. The number of rotatable bonds is 7. The van der Waals surface area contributed by atoms with E-state index in [0.29, 0.717) is 12.8 Å². The van der Waals surface area contributed by atoms with Gasteiger partial charge in [-0.1, -0.05) is 23.2 Å². The molecule has 142 valence electrons. The lowest BCUT2D eigenvalue weighted by Crippen LogP contribution is -2.53. The van der Waals surface area contributed by atoms with Crippen molar-refractivity contribution in [3.05, 3.63) is 35.6 Å². The number of carbonyl (C=O) groups is 1. The van der Waals surface area contributed by atoms with Gasteiger partial charge in [0.1, 0.15) is 17.4 Å². The van der Waals surface area contributed by atoms with Crippen LogP contribution in [-0.4, -0.2) is 38.2 Å². The van der Waals surface area contributed by atoms with Crippen LogP contribution in [0.1, 0.15) is 24.4 Å². The van der Waals surface area contributed by atoms with Crippen molar-refractivity contribution in [2.75, 3.05) is 5.75 Å². The number of hydrogen-bond acceptors (Lipinski definition) is 5. The zero-order valence-electron chi connectivity index (χ0n) is 13.2. The average molecular weight is 392 g/mol. The van der Waals surface area contributed by atoms with E-state index in [9.17, 15) is 31.1 Å². The standard InChI is InChI=1S/C15H15F4N3O3S/c16-10-3-1-9(2-4-10)12(15(17,18)19)21-11(7-26(24)25)13(23)22-14(8-20)5-6-14/h1-4,11-12,21H,5-7H2,(H,22,23)(H,24,25)/p-1/t11-,12-/m0/s1. The number of nitriles is 1. The van der Waals surface area contributed by atoms with Crippen LogP contribution in [0.4, 0.5) is 17.6 Å². The van der Waals surface area contributed by atoms with Gasteiger partial charge in [-0.25, -0.2) is 4.39 Å². The van der Waals surface area contributed by atoms with Crippen LogP contribution in [0.15, 0.2) is 24.3 Å². The Bertz CT molecular complexity index is 729. The van der Waals surface area contributed by atoms with Gasteiger partial charge in [-0.2, -0.15) is 18.4 Å². The zero-order chi connectivity index (χ0) is 19.5. The molecule has 0 spiro atoms. The Morgan fingerprint density at radius 3 is 2.35 bits per heavy atom. The molecule has 0 bridgehead atoms. The van der Waals surface area contributed by atoms with Gasteiger partial charge < -0.3 is 9.87 Å². The van der Waals surface area contributed by atoms with E-state index in [1.54, 1.807) is 0 Å². The van der Waals surface area contributed by atoms with Crippen LogP contribution in [0, 0.1) is 17.1 Å². The fourth-order valence-electron chi connectivity index (χ4n) is 2.28. The SMILES string of the molecule is N#CC1(NC(=O)[C@H](CS(=O)[O-])N[C@@H](c2ccc(F)cc2)C(F)(F)F)CC1. The highest BCUT2D eigenvalue weighted by Gasteiger charge is 2.47. The van der Waals surface area contributed by atoms with Crippen LogP contribution in [0.3, 0.4) is 0 Å². The van der Waals surface area contributed by atoms with Gasteiger partial charge in [0.15, 0.2) is 0 Å². The Kier molecular flexibility index (Phi) is 6.00. The molecule has 11 heteroatoms. The van der Waals surface area contributed by atoms with Gasteiger partial charge >= 0.3 is 6.18 Å². The molecule has 0 aliphatic heterocycles. The Hall–Kier alpha value is -2.03. The Labute approximate surface area is 148 Å². The van der Waals surface area contributed by atoms with Crippen LogP contribution in [0.2, 0.25) is 0 Å². The number of halogens is 4. The molecule has 0 radical (unpaired) electrons. The average Bonchev–Trinajstić information content (AvgIpc) is 3.31. The molecule has 3 atom stereocenters. The summed E-state index contributed by atoms with van der Waals surface area (Å²) in [6, 6.07) is 1.14. The summed E-state index contributed by atoms with van der Waals surface area (Å²) >= 11 is -2.81. The van der Waals surface area contributed by atoms with Gasteiger partial charge in [-0.15, -0.1) is 0 Å². The predicted molar refractivity (Wildman–Crippen MR) is 81.6 cm³/mol. The van der Waals surface area contributed by atoms with Crippen LogP contribution in [-0.2, 0) is 15.9 Å². The second-order valence-electron chi connectivity index (χ2n) is 5.90. The Morgan fingerprint density at radius 2 is 1.92 bits per heavy atom. The molecule has 0 aromatic heterocycles. The first-order valence-corrected chi connectivity index (χ1v) is 8.68. The van der Waals surface area contributed by atoms with Gasteiger partial charge in [0.2, 0.25) is 5.91 Å². The van der Waals surface area contributed by atoms with E-state index in [2.05, 4.69) is 5.32 Å². The van der Waals surface area contributed by atoms with Crippen molar-refractivity contribution in [1.29, 1.82) is 5.26 Å². The molecule has 26 heavy (non-hydrogen) atoms. The Balaban J connectivity index is 2.24. The third kappa shape index (κ3) is 5.23. The molecular weight excluding hydrogens is 378 g/mol. The molecule has 1 saturated carbocycles. The van der Waals surface area contributed by atoms with Gasteiger partial charge in [0.25, 0.3) is 0 Å². The van der Waals surface area contributed by atoms with Gasteiger partial charge in [0.05, 0.1) is 12.1 Å². The van der Waals surface area contributed by atoms with Crippen LogP contribution in [0.5, 0.6) is 0 Å². The first-order chi connectivity index (χ1) is 12.1. The molecule has 1 amide bonds. The van der Waals surface area contributed by atoms with Gasteiger partial charge in [0, 0.05) is 5.75 Å². The van der Waals surface area contributed by atoms with Crippen molar-refractivity contribution < 1.29 is 31.1 Å². The maximum atomic E-state index is 13.4. The van der Waals surface area contributed by atoms with Crippen molar-refractivity contribution >= 4 is 17.0 Å². The number of hydrogen-bond donors (Lipinski definition) is 2. The molecule has 2 N–H and O–H groups in total. The van der Waals surface area contributed by atoms with Crippen molar-refractivity contribution in [3.8, 4) is 6.07 Å².